The van der Waals surface area contributed by atoms with Crippen molar-refractivity contribution in [2.45, 2.75) is 5.54 Å². The summed E-state index contributed by atoms with van der Waals surface area (Å²) in [5.41, 5.74) is -0.393. The van der Waals surface area contributed by atoms with Gasteiger partial charge in [-0.2, -0.15) is 0 Å². The molecule has 1 spiro atoms. The Bertz CT molecular complexity index is 834. The maximum absolute atomic E-state index is 14.2. The zero-order valence-electron chi connectivity index (χ0n) is 10.5. The van der Waals surface area contributed by atoms with Crippen molar-refractivity contribution in [1.29, 1.82) is 0 Å². The van der Waals surface area contributed by atoms with E-state index in [0.717, 1.165) is 12.1 Å². The van der Waals surface area contributed by atoms with Gasteiger partial charge in [0.15, 0.2) is 5.54 Å². The summed E-state index contributed by atoms with van der Waals surface area (Å²) in [6.07, 6.45) is 0. The largest absolute Gasteiger partial charge is 0.322 e. The first-order chi connectivity index (χ1) is 10.0. The van der Waals surface area contributed by atoms with E-state index in [1.807, 2.05) is 0 Å². The van der Waals surface area contributed by atoms with Crippen molar-refractivity contribution in [3.8, 4) is 11.1 Å². The Morgan fingerprint density at radius 2 is 1.76 bits per heavy atom. The molecule has 1 saturated heterocycles. The predicted molar refractivity (Wildman–Crippen MR) is 69.2 cm³/mol. The number of benzene rings is 2. The third-order valence-corrected chi connectivity index (χ3v) is 3.93. The Hall–Kier alpha value is -2.76. The number of hydrogen-bond acceptors (Lipinski definition) is 2. The smallest absolute Gasteiger partial charge is 0.316 e. The number of amides is 3. The number of carbonyl (C=O) groups is 2. The molecule has 2 aliphatic rings. The standard InChI is InChI=1S/C15H8F2N2O2/c16-7-5-10-12(11(17)6-7)8-3-1-2-4-9(8)15(10)13(20)18-14(21)19-15/h1-6H,(H2,18,19,20,21). The van der Waals surface area contributed by atoms with Gasteiger partial charge in [0, 0.05) is 17.2 Å². The minimum Gasteiger partial charge on any atom is -0.316 e. The van der Waals surface area contributed by atoms with Gasteiger partial charge in [-0.25, -0.2) is 13.6 Å². The van der Waals surface area contributed by atoms with Crippen molar-refractivity contribution < 1.29 is 18.4 Å². The molecule has 0 saturated carbocycles. The van der Waals surface area contributed by atoms with E-state index < -0.39 is 29.1 Å². The van der Waals surface area contributed by atoms with Crippen molar-refractivity contribution in [2.24, 2.45) is 0 Å². The molecular formula is C15H8F2N2O2. The highest BCUT2D eigenvalue weighted by molar-refractivity contribution is 6.13. The molecule has 1 fully saturated rings. The highest BCUT2D eigenvalue weighted by Gasteiger charge is 2.55. The molecule has 1 unspecified atom stereocenters. The minimum atomic E-state index is -1.56. The van der Waals surface area contributed by atoms with Gasteiger partial charge in [-0.15, -0.1) is 0 Å². The van der Waals surface area contributed by atoms with E-state index in [0.29, 0.717) is 11.1 Å². The lowest BCUT2D eigenvalue weighted by Gasteiger charge is -2.23. The van der Waals surface area contributed by atoms with Crippen LogP contribution in [0, 0.1) is 11.6 Å². The Balaban J connectivity index is 2.16. The molecule has 1 atom stereocenters. The van der Waals surface area contributed by atoms with Gasteiger partial charge in [0.2, 0.25) is 0 Å². The third kappa shape index (κ3) is 1.31. The maximum Gasteiger partial charge on any atom is 0.322 e. The van der Waals surface area contributed by atoms with Gasteiger partial charge in [-0.1, -0.05) is 24.3 Å². The molecule has 2 aromatic carbocycles. The van der Waals surface area contributed by atoms with Crippen LogP contribution in [-0.4, -0.2) is 11.9 Å². The Labute approximate surface area is 117 Å². The number of carbonyl (C=O) groups excluding carboxylic acids is 2. The summed E-state index contributed by atoms with van der Waals surface area (Å²) < 4.78 is 27.8. The van der Waals surface area contributed by atoms with Gasteiger partial charge in [0.25, 0.3) is 5.91 Å². The number of urea groups is 1. The number of halogens is 2. The second-order valence-electron chi connectivity index (χ2n) is 5.01. The summed E-state index contributed by atoms with van der Waals surface area (Å²) >= 11 is 0. The number of hydrogen-bond donors (Lipinski definition) is 2. The molecule has 4 nitrogen and oxygen atoms in total. The molecule has 2 N–H and O–H groups in total. The van der Waals surface area contributed by atoms with Gasteiger partial charge in [-0.3, -0.25) is 10.1 Å². The van der Waals surface area contributed by atoms with Crippen LogP contribution in [0.3, 0.4) is 0 Å². The van der Waals surface area contributed by atoms with Gasteiger partial charge >= 0.3 is 6.03 Å². The fraction of sp³-hybridized carbons (Fsp3) is 0.0667. The maximum atomic E-state index is 14.2. The second-order valence-corrected chi connectivity index (χ2v) is 5.01. The van der Waals surface area contributed by atoms with Gasteiger partial charge in [0.05, 0.1) is 0 Å². The Morgan fingerprint density at radius 3 is 2.48 bits per heavy atom. The SMILES string of the molecule is O=C1NC(=O)C2(N1)c1ccccc1-c1c(F)cc(F)cc12. The van der Waals surface area contributed by atoms with E-state index in [-0.39, 0.29) is 11.1 Å². The molecule has 0 aromatic heterocycles. The summed E-state index contributed by atoms with van der Waals surface area (Å²) in [5, 5.41) is 4.65. The summed E-state index contributed by atoms with van der Waals surface area (Å²) in [6, 6.07) is 7.80. The molecule has 3 amide bonds. The molecule has 1 aliphatic heterocycles. The number of imide groups is 1. The first-order valence-corrected chi connectivity index (χ1v) is 6.27. The average molecular weight is 286 g/mol. The molecule has 104 valence electrons. The minimum absolute atomic E-state index is 0.115. The molecule has 4 rings (SSSR count). The van der Waals surface area contributed by atoms with Crippen molar-refractivity contribution >= 4 is 11.9 Å². The fourth-order valence-corrected chi connectivity index (χ4v) is 3.15. The zero-order valence-corrected chi connectivity index (χ0v) is 10.5. The molecule has 1 aliphatic carbocycles. The van der Waals surface area contributed by atoms with E-state index in [1.54, 1.807) is 24.3 Å². The van der Waals surface area contributed by atoms with Crippen LogP contribution in [0.15, 0.2) is 36.4 Å². The van der Waals surface area contributed by atoms with E-state index in [1.165, 1.54) is 0 Å². The van der Waals surface area contributed by atoms with Gasteiger partial charge in [0.1, 0.15) is 11.6 Å². The van der Waals surface area contributed by atoms with Crippen LogP contribution in [0.25, 0.3) is 11.1 Å². The lowest BCUT2D eigenvalue weighted by atomic mass is 9.87. The van der Waals surface area contributed by atoms with Crippen molar-refractivity contribution in [3.63, 3.8) is 0 Å². The predicted octanol–water partition coefficient (Wildman–Crippen LogP) is 2.03. The Kier molecular flexibility index (Phi) is 2.10. The lowest BCUT2D eigenvalue weighted by Crippen LogP contribution is -2.43. The molecule has 2 aromatic rings. The first kappa shape index (κ1) is 12.0. The highest BCUT2D eigenvalue weighted by Crippen LogP contribution is 2.49. The number of fused-ring (bicyclic) bond motifs is 5. The van der Waals surface area contributed by atoms with Gasteiger partial charge < -0.3 is 5.32 Å². The summed E-state index contributed by atoms with van der Waals surface area (Å²) in [5.74, 6) is -2.20. The molecule has 21 heavy (non-hydrogen) atoms. The molecular weight excluding hydrogens is 278 g/mol. The molecule has 1 heterocycles. The van der Waals surface area contributed by atoms with Crippen LogP contribution in [0.2, 0.25) is 0 Å². The van der Waals surface area contributed by atoms with Crippen molar-refractivity contribution in [3.05, 3.63) is 59.2 Å². The zero-order chi connectivity index (χ0) is 14.8. The van der Waals surface area contributed by atoms with Crippen LogP contribution < -0.4 is 10.6 Å². The van der Waals surface area contributed by atoms with Crippen molar-refractivity contribution in [1.82, 2.24) is 10.6 Å². The first-order valence-electron chi connectivity index (χ1n) is 6.27. The quantitative estimate of drug-likeness (QED) is 0.728. The van der Waals surface area contributed by atoms with Crippen LogP contribution in [0.5, 0.6) is 0 Å². The van der Waals surface area contributed by atoms with Crippen LogP contribution in [0.4, 0.5) is 13.6 Å². The lowest BCUT2D eigenvalue weighted by molar-refractivity contribution is -0.122. The highest BCUT2D eigenvalue weighted by atomic mass is 19.1. The second kappa shape index (κ2) is 3.66. The average Bonchev–Trinajstić information content (AvgIpc) is 2.87. The fourth-order valence-electron chi connectivity index (χ4n) is 3.15. The van der Waals surface area contributed by atoms with E-state index >= 15 is 0 Å². The number of rotatable bonds is 0. The summed E-state index contributed by atoms with van der Waals surface area (Å²) in [6.45, 7) is 0. The summed E-state index contributed by atoms with van der Waals surface area (Å²) in [4.78, 5) is 23.9. The molecule has 0 radical (unpaired) electrons. The van der Waals surface area contributed by atoms with E-state index in [9.17, 15) is 18.4 Å². The summed E-state index contributed by atoms with van der Waals surface area (Å²) in [7, 11) is 0. The molecule has 0 bridgehead atoms. The normalized spacial score (nSPS) is 22.0. The van der Waals surface area contributed by atoms with Crippen LogP contribution >= 0.6 is 0 Å². The van der Waals surface area contributed by atoms with E-state index in [2.05, 4.69) is 10.6 Å². The van der Waals surface area contributed by atoms with Crippen LogP contribution in [0.1, 0.15) is 11.1 Å². The number of nitrogens with one attached hydrogen (secondary N) is 2. The molecule has 6 heteroatoms. The van der Waals surface area contributed by atoms with E-state index in [4.69, 9.17) is 0 Å². The third-order valence-electron chi connectivity index (χ3n) is 3.93. The Morgan fingerprint density at radius 1 is 1.00 bits per heavy atom. The van der Waals surface area contributed by atoms with Crippen molar-refractivity contribution in [2.75, 3.05) is 0 Å². The van der Waals surface area contributed by atoms with Crippen LogP contribution in [-0.2, 0) is 10.3 Å². The monoisotopic (exact) mass is 286 g/mol. The topological polar surface area (TPSA) is 58.2 Å². The van der Waals surface area contributed by atoms with Gasteiger partial charge in [-0.05, 0) is 17.2 Å².